The molecule has 5 nitrogen and oxygen atoms in total. The van der Waals surface area contributed by atoms with E-state index in [1.807, 2.05) is 26.0 Å². The van der Waals surface area contributed by atoms with Crippen LogP contribution in [0.2, 0.25) is 5.02 Å². The van der Waals surface area contributed by atoms with E-state index < -0.39 is 0 Å². The minimum absolute atomic E-state index is 0.281. The van der Waals surface area contributed by atoms with Crippen LogP contribution in [0.3, 0.4) is 0 Å². The average Bonchev–Trinajstić information content (AvgIpc) is 2.97. The summed E-state index contributed by atoms with van der Waals surface area (Å²) in [5, 5.41) is 5.43. The fourth-order valence-electron chi connectivity index (χ4n) is 1.94. The smallest absolute Gasteiger partial charge is 0.267 e. The second-order valence-electron chi connectivity index (χ2n) is 4.73. The molecule has 0 N–H and O–H groups in total. The first-order chi connectivity index (χ1) is 11.1. The number of hydrogen-bond acceptors (Lipinski definition) is 6. The number of oxime groups is 1. The molecule has 0 aliphatic carbocycles. The molecule has 3 heterocycles. The van der Waals surface area contributed by atoms with Crippen LogP contribution in [0.5, 0.6) is 5.88 Å². The van der Waals surface area contributed by atoms with Crippen LogP contribution in [0, 0.1) is 6.92 Å². The lowest BCUT2D eigenvalue weighted by molar-refractivity contribution is 0.328. The predicted molar refractivity (Wildman–Crippen MR) is 92.2 cm³/mol. The molecule has 116 valence electrons. The Kier molecular flexibility index (Phi) is 4.64. The van der Waals surface area contributed by atoms with E-state index in [1.165, 1.54) is 0 Å². The molecule has 7 heteroatoms. The molecule has 23 heavy (non-hydrogen) atoms. The van der Waals surface area contributed by atoms with Crippen molar-refractivity contribution in [1.29, 1.82) is 0 Å². The maximum absolute atomic E-state index is 6.00. The van der Waals surface area contributed by atoms with E-state index in [2.05, 4.69) is 20.1 Å². The van der Waals surface area contributed by atoms with Gasteiger partial charge in [0.2, 0.25) is 0 Å². The summed E-state index contributed by atoms with van der Waals surface area (Å²) in [6.45, 7) is 3.81. The van der Waals surface area contributed by atoms with Crippen molar-refractivity contribution in [1.82, 2.24) is 15.0 Å². The Hall–Kier alpha value is -2.31. The van der Waals surface area contributed by atoms with Crippen molar-refractivity contribution in [2.75, 3.05) is 0 Å². The molecule has 3 aromatic heterocycles. The number of rotatable bonds is 4. The Bertz CT molecular complexity index is 848. The van der Waals surface area contributed by atoms with Gasteiger partial charge in [0.1, 0.15) is 10.0 Å². The molecule has 0 atom stereocenters. The molecule has 0 radical (unpaired) electrons. The first-order valence-corrected chi connectivity index (χ1v) is 8.05. The third-order valence-corrected chi connectivity index (χ3v) is 4.63. The number of aryl methyl sites for hydroxylation is 1. The van der Waals surface area contributed by atoms with E-state index in [-0.39, 0.29) is 5.88 Å². The zero-order valence-corrected chi connectivity index (χ0v) is 14.1. The quantitative estimate of drug-likeness (QED) is 0.521. The highest BCUT2D eigenvalue weighted by Crippen LogP contribution is 2.28. The van der Waals surface area contributed by atoms with Crippen LogP contribution < -0.4 is 4.84 Å². The number of pyridine rings is 2. The molecule has 0 fully saturated rings. The van der Waals surface area contributed by atoms with Crippen molar-refractivity contribution in [2.45, 2.75) is 13.8 Å². The monoisotopic (exact) mass is 344 g/mol. The minimum atomic E-state index is 0.281. The molecule has 0 spiro atoms. The Morgan fingerprint density at radius 3 is 2.83 bits per heavy atom. The molecule has 0 saturated carbocycles. The highest BCUT2D eigenvalue weighted by molar-refractivity contribution is 7.17. The van der Waals surface area contributed by atoms with Crippen molar-refractivity contribution in [3.8, 4) is 16.5 Å². The maximum atomic E-state index is 6.00. The summed E-state index contributed by atoms with van der Waals surface area (Å²) in [7, 11) is 0. The number of hydrogen-bond donors (Lipinski definition) is 0. The van der Waals surface area contributed by atoms with Gasteiger partial charge in [-0.05, 0) is 38.1 Å². The van der Waals surface area contributed by atoms with Gasteiger partial charge in [-0.25, -0.2) is 9.97 Å². The van der Waals surface area contributed by atoms with Gasteiger partial charge >= 0.3 is 0 Å². The summed E-state index contributed by atoms with van der Waals surface area (Å²) in [5.74, 6) is 0.281. The van der Waals surface area contributed by atoms with Crippen LogP contribution >= 0.6 is 22.9 Å². The van der Waals surface area contributed by atoms with E-state index in [9.17, 15) is 0 Å². The van der Waals surface area contributed by atoms with Gasteiger partial charge < -0.3 is 4.84 Å². The van der Waals surface area contributed by atoms with Crippen molar-refractivity contribution in [2.24, 2.45) is 5.16 Å². The number of halogens is 1. The summed E-state index contributed by atoms with van der Waals surface area (Å²) in [6.07, 6.45) is 5.13. The highest BCUT2D eigenvalue weighted by Gasteiger charge is 2.13. The summed E-state index contributed by atoms with van der Waals surface area (Å²) in [4.78, 5) is 19.0. The summed E-state index contributed by atoms with van der Waals surface area (Å²) in [6, 6.07) is 7.30. The van der Waals surface area contributed by atoms with E-state index in [0.29, 0.717) is 5.02 Å². The van der Waals surface area contributed by atoms with Crippen molar-refractivity contribution >= 4 is 28.6 Å². The van der Waals surface area contributed by atoms with Crippen molar-refractivity contribution < 1.29 is 4.84 Å². The van der Waals surface area contributed by atoms with Crippen molar-refractivity contribution in [3.05, 3.63) is 58.4 Å². The fourth-order valence-corrected chi connectivity index (χ4v) is 3.09. The lowest BCUT2D eigenvalue weighted by atomic mass is 10.3. The fraction of sp³-hybridized carbons (Fsp3) is 0.125. The van der Waals surface area contributed by atoms with Crippen LogP contribution in [0.4, 0.5) is 0 Å². The molecule has 0 aromatic carbocycles. The normalized spacial score (nSPS) is 11.5. The van der Waals surface area contributed by atoms with Crippen LogP contribution in [-0.4, -0.2) is 20.7 Å². The van der Waals surface area contributed by atoms with E-state index in [1.54, 1.807) is 42.1 Å². The molecule has 0 unspecified atom stereocenters. The minimum Gasteiger partial charge on any atom is -0.335 e. The average molecular weight is 345 g/mol. The van der Waals surface area contributed by atoms with Gasteiger partial charge in [-0.15, -0.1) is 11.3 Å². The van der Waals surface area contributed by atoms with Gasteiger partial charge in [0, 0.05) is 24.2 Å². The topological polar surface area (TPSA) is 60.3 Å². The van der Waals surface area contributed by atoms with Crippen LogP contribution in [0.1, 0.15) is 17.5 Å². The van der Waals surface area contributed by atoms with Crippen LogP contribution in [0.25, 0.3) is 10.6 Å². The highest BCUT2D eigenvalue weighted by atomic mass is 35.5. The molecule has 0 bridgehead atoms. The second-order valence-corrected chi connectivity index (χ2v) is 6.14. The van der Waals surface area contributed by atoms with Crippen molar-refractivity contribution in [3.63, 3.8) is 0 Å². The third-order valence-electron chi connectivity index (χ3n) is 3.03. The predicted octanol–water partition coefficient (Wildman–Crippen LogP) is 4.36. The zero-order chi connectivity index (χ0) is 16.2. The summed E-state index contributed by atoms with van der Waals surface area (Å²) in [5.41, 5.74) is 2.59. The molecule has 0 aliphatic heterocycles. The Morgan fingerprint density at radius 1 is 1.26 bits per heavy atom. The lowest BCUT2D eigenvalue weighted by Gasteiger charge is -2.01. The first-order valence-electron chi connectivity index (χ1n) is 6.85. The summed E-state index contributed by atoms with van der Waals surface area (Å²) < 4.78 is 0. The van der Waals surface area contributed by atoms with E-state index in [4.69, 9.17) is 16.4 Å². The van der Waals surface area contributed by atoms with Gasteiger partial charge in [-0.3, -0.25) is 4.98 Å². The number of aromatic nitrogens is 3. The van der Waals surface area contributed by atoms with E-state index in [0.717, 1.165) is 26.9 Å². The Balaban J connectivity index is 1.85. The molecular weight excluding hydrogens is 332 g/mol. The number of nitrogens with zero attached hydrogens (tertiary/aromatic N) is 4. The third kappa shape index (κ3) is 3.55. The molecular formula is C16H13ClN4OS. The molecule has 0 aliphatic rings. The second kappa shape index (κ2) is 6.85. The van der Waals surface area contributed by atoms with Gasteiger partial charge in [0.15, 0.2) is 0 Å². The molecule has 3 rings (SSSR count). The zero-order valence-electron chi connectivity index (χ0n) is 12.5. The SMILES string of the molecule is C/C(=N\Oc1ncccc1Cl)c1sc(-c2cccnc2)nc1C. The first kappa shape index (κ1) is 15.6. The Labute approximate surface area is 142 Å². The van der Waals surface area contributed by atoms with Gasteiger partial charge in [0.25, 0.3) is 5.88 Å². The standard InChI is InChI=1S/C16H13ClN4OS/c1-10-14(23-16(20-10)12-5-3-7-18-9-12)11(2)21-22-15-13(17)6-4-8-19-15/h3-9H,1-2H3/b21-11+. The van der Waals surface area contributed by atoms with Gasteiger partial charge in [-0.1, -0.05) is 16.8 Å². The lowest BCUT2D eigenvalue weighted by Crippen LogP contribution is -1.98. The largest absolute Gasteiger partial charge is 0.335 e. The van der Waals surface area contributed by atoms with Crippen LogP contribution in [0.15, 0.2) is 48.0 Å². The molecule has 3 aromatic rings. The molecule has 0 saturated heterocycles. The van der Waals surface area contributed by atoms with Gasteiger partial charge in [-0.2, -0.15) is 0 Å². The Morgan fingerprint density at radius 2 is 2.09 bits per heavy atom. The van der Waals surface area contributed by atoms with Crippen LogP contribution in [-0.2, 0) is 0 Å². The molecule has 0 amide bonds. The summed E-state index contributed by atoms with van der Waals surface area (Å²) >= 11 is 7.54. The van der Waals surface area contributed by atoms with E-state index >= 15 is 0 Å². The number of thiazole rings is 1. The maximum Gasteiger partial charge on any atom is 0.267 e. The van der Waals surface area contributed by atoms with Gasteiger partial charge in [0.05, 0.1) is 16.3 Å².